The number of amides is 1. The van der Waals surface area contributed by atoms with Crippen molar-refractivity contribution in [3.8, 4) is 11.5 Å². The summed E-state index contributed by atoms with van der Waals surface area (Å²) >= 11 is 1.49. The summed E-state index contributed by atoms with van der Waals surface area (Å²) in [7, 11) is 0. The first-order chi connectivity index (χ1) is 10.7. The third-order valence-electron chi connectivity index (χ3n) is 4.34. The van der Waals surface area contributed by atoms with E-state index in [1.807, 2.05) is 28.5 Å². The Morgan fingerprint density at radius 3 is 2.77 bits per heavy atom. The summed E-state index contributed by atoms with van der Waals surface area (Å²) < 4.78 is 11.3. The van der Waals surface area contributed by atoms with Crippen molar-refractivity contribution in [2.75, 3.05) is 19.8 Å². The normalized spacial score (nSPS) is 19.7. The molecule has 0 N–H and O–H groups in total. The summed E-state index contributed by atoms with van der Waals surface area (Å²) in [5.74, 6) is 1.74. The topological polar surface area (TPSA) is 38.8 Å². The molecule has 3 heterocycles. The van der Waals surface area contributed by atoms with Crippen molar-refractivity contribution in [3.63, 3.8) is 0 Å². The molecule has 0 aliphatic carbocycles. The molecule has 1 atom stereocenters. The molecule has 0 bridgehead atoms. The van der Waals surface area contributed by atoms with Crippen LogP contribution in [0.25, 0.3) is 0 Å². The third kappa shape index (κ3) is 2.16. The van der Waals surface area contributed by atoms with E-state index in [2.05, 4.69) is 13.0 Å². The molecule has 0 fully saturated rings. The molecule has 0 spiro atoms. The van der Waals surface area contributed by atoms with E-state index in [1.165, 1.54) is 22.5 Å². The molecule has 0 saturated carbocycles. The van der Waals surface area contributed by atoms with Crippen molar-refractivity contribution in [2.24, 2.45) is 0 Å². The van der Waals surface area contributed by atoms with Gasteiger partial charge in [0.05, 0.1) is 10.9 Å². The number of hydrogen-bond acceptors (Lipinski definition) is 4. The highest BCUT2D eigenvalue weighted by atomic mass is 32.1. The SMILES string of the molecule is CC1c2cc3c(cc2CCN1C(=O)c1cccs1)OCCO3. The number of nitrogens with zero attached hydrogens (tertiary/aromatic N) is 1. The molecule has 1 amide bonds. The van der Waals surface area contributed by atoms with E-state index in [9.17, 15) is 4.79 Å². The maximum Gasteiger partial charge on any atom is 0.264 e. The van der Waals surface area contributed by atoms with Gasteiger partial charge in [0.15, 0.2) is 11.5 Å². The first-order valence-corrected chi connectivity index (χ1v) is 8.39. The van der Waals surface area contributed by atoms with Gasteiger partial charge in [0, 0.05) is 6.54 Å². The van der Waals surface area contributed by atoms with Gasteiger partial charge in [-0.3, -0.25) is 4.79 Å². The Kier molecular flexibility index (Phi) is 3.30. The van der Waals surface area contributed by atoms with E-state index in [0.29, 0.717) is 13.2 Å². The summed E-state index contributed by atoms with van der Waals surface area (Å²) in [5, 5.41) is 1.94. The number of carbonyl (C=O) groups is 1. The molecule has 4 nitrogen and oxygen atoms in total. The van der Waals surface area contributed by atoms with Gasteiger partial charge in [-0.05, 0) is 48.1 Å². The number of carbonyl (C=O) groups excluding carboxylic acids is 1. The monoisotopic (exact) mass is 315 g/mol. The molecule has 22 heavy (non-hydrogen) atoms. The van der Waals surface area contributed by atoms with Gasteiger partial charge in [-0.15, -0.1) is 11.3 Å². The zero-order valence-corrected chi connectivity index (χ0v) is 13.2. The highest BCUT2D eigenvalue weighted by Gasteiger charge is 2.30. The Bertz CT molecular complexity index is 711. The van der Waals surface area contributed by atoms with Crippen LogP contribution in [-0.4, -0.2) is 30.6 Å². The summed E-state index contributed by atoms with van der Waals surface area (Å²) in [5.41, 5.74) is 2.42. The van der Waals surface area contributed by atoms with Gasteiger partial charge < -0.3 is 14.4 Å². The fourth-order valence-electron chi connectivity index (χ4n) is 3.17. The number of fused-ring (bicyclic) bond motifs is 2. The fraction of sp³-hybridized carbons (Fsp3) is 0.353. The number of thiophene rings is 1. The molecule has 2 aliphatic heterocycles. The second kappa shape index (κ2) is 5.32. The molecule has 1 unspecified atom stereocenters. The van der Waals surface area contributed by atoms with Crippen molar-refractivity contribution < 1.29 is 14.3 Å². The molecule has 0 saturated heterocycles. The second-order valence-electron chi connectivity index (χ2n) is 5.60. The third-order valence-corrected chi connectivity index (χ3v) is 5.19. The minimum atomic E-state index is 0.0502. The highest BCUT2D eigenvalue weighted by Crippen LogP contribution is 2.39. The first-order valence-electron chi connectivity index (χ1n) is 7.51. The molecular weight excluding hydrogens is 298 g/mol. The Balaban J connectivity index is 1.68. The van der Waals surface area contributed by atoms with Crippen molar-refractivity contribution in [1.29, 1.82) is 0 Å². The quantitative estimate of drug-likeness (QED) is 0.810. The van der Waals surface area contributed by atoms with Crippen LogP contribution in [0.15, 0.2) is 29.6 Å². The van der Waals surface area contributed by atoms with Crippen molar-refractivity contribution >= 4 is 17.2 Å². The number of benzene rings is 1. The van der Waals surface area contributed by atoms with Gasteiger partial charge in [0.1, 0.15) is 13.2 Å². The van der Waals surface area contributed by atoms with Gasteiger partial charge in [-0.2, -0.15) is 0 Å². The van der Waals surface area contributed by atoms with Gasteiger partial charge in [0.25, 0.3) is 5.91 Å². The summed E-state index contributed by atoms with van der Waals surface area (Å²) in [6.07, 6.45) is 0.855. The molecule has 4 rings (SSSR count). The van der Waals surface area contributed by atoms with E-state index >= 15 is 0 Å². The molecule has 5 heteroatoms. The Hall–Kier alpha value is -2.01. The summed E-state index contributed by atoms with van der Waals surface area (Å²) in [6, 6.07) is 7.98. The molecule has 0 radical (unpaired) electrons. The van der Waals surface area contributed by atoms with Gasteiger partial charge in [0.2, 0.25) is 0 Å². The van der Waals surface area contributed by atoms with Crippen LogP contribution in [0.5, 0.6) is 11.5 Å². The zero-order valence-electron chi connectivity index (χ0n) is 12.4. The van der Waals surface area contributed by atoms with Crippen LogP contribution in [0.2, 0.25) is 0 Å². The summed E-state index contributed by atoms with van der Waals surface area (Å²) in [4.78, 5) is 15.4. The smallest absolute Gasteiger partial charge is 0.264 e. The number of ether oxygens (including phenoxy) is 2. The maximum absolute atomic E-state index is 12.7. The number of hydrogen-bond donors (Lipinski definition) is 0. The van der Waals surface area contributed by atoms with Crippen molar-refractivity contribution in [2.45, 2.75) is 19.4 Å². The molecule has 1 aromatic carbocycles. The minimum absolute atomic E-state index is 0.0502. The second-order valence-corrected chi connectivity index (χ2v) is 6.54. The lowest BCUT2D eigenvalue weighted by atomic mass is 9.92. The standard InChI is InChI=1S/C17H17NO3S/c1-11-13-10-15-14(20-6-7-21-15)9-12(13)4-5-18(11)17(19)16-3-2-8-22-16/h2-3,8-11H,4-7H2,1H3. The van der Waals surface area contributed by atoms with Gasteiger partial charge in [-0.1, -0.05) is 6.07 Å². The van der Waals surface area contributed by atoms with E-state index in [4.69, 9.17) is 9.47 Å². The van der Waals surface area contributed by atoms with Crippen LogP contribution in [0, 0.1) is 0 Å². The minimum Gasteiger partial charge on any atom is -0.486 e. The van der Waals surface area contributed by atoms with Crippen LogP contribution in [-0.2, 0) is 6.42 Å². The molecule has 114 valence electrons. The average Bonchev–Trinajstić information content (AvgIpc) is 3.08. The van der Waals surface area contributed by atoms with E-state index in [0.717, 1.165) is 29.3 Å². The number of rotatable bonds is 1. The van der Waals surface area contributed by atoms with Crippen molar-refractivity contribution in [1.82, 2.24) is 4.90 Å². The highest BCUT2D eigenvalue weighted by molar-refractivity contribution is 7.12. The van der Waals surface area contributed by atoms with E-state index in [-0.39, 0.29) is 11.9 Å². The lowest BCUT2D eigenvalue weighted by Crippen LogP contribution is -2.38. The van der Waals surface area contributed by atoms with Crippen molar-refractivity contribution in [3.05, 3.63) is 45.6 Å². The Morgan fingerprint density at radius 1 is 1.27 bits per heavy atom. The molecule has 2 aliphatic rings. The van der Waals surface area contributed by atoms with Crippen LogP contribution in [0.3, 0.4) is 0 Å². The van der Waals surface area contributed by atoms with Gasteiger partial charge in [-0.25, -0.2) is 0 Å². The zero-order chi connectivity index (χ0) is 15.1. The van der Waals surface area contributed by atoms with Crippen LogP contribution in [0.4, 0.5) is 0 Å². The average molecular weight is 315 g/mol. The lowest BCUT2D eigenvalue weighted by Gasteiger charge is -2.36. The lowest BCUT2D eigenvalue weighted by molar-refractivity contribution is 0.0681. The maximum atomic E-state index is 12.7. The van der Waals surface area contributed by atoms with E-state index in [1.54, 1.807) is 0 Å². The van der Waals surface area contributed by atoms with Gasteiger partial charge >= 0.3 is 0 Å². The van der Waals surface area contributed by atoms with Crippen LogP contribution in [0.1, 0.15) is 33.8 Å². The Labute approximate surface area is 133 Å². The largest absolute Gasteiger partial charge is 0.486 e. The van der Waals surface area contributed by atoms with Crippen LogP contribution >= 0.6 is 11.3 Å². The molecular formula is C17H17NO3S. The predicted octanol–water partition coefficient (Wildman–Crippen LogP) is 3.28. The summed E-state index contributed by atoms with van der Waals surface area (Å²) in [6.45, 7) is 4.01. The predicted molar refractivity (Wildman–Crippen MR) is 84.9 cm³/mol. The van der Waals surface area contributed by atoms with Crippen LogP contribution < -0.4 is 9.47 Å². The van der Waals surface area contributed by atoms with E-state index < -0.39 is 0 Å². The first kappa shape index (κ1) is 13.6. The fourth-order valence-corrected chi connectivity index (χ4v) is 3.85. The molecule has 2 aromatic rings. The Morgan fingerprint density at radius 2 is 2.05 bits per heavy atom. The molecule has 1 aromatic heterocycles.